The van der Waals surface area contributed by atoms with Gasteiger partial charge in [0, 0.05) is 25.8 Å². The highest BCUT2D eigenvalue weighted by Gasteiger charge is 2.34. The average molecular weight is 353 g/mol. The number of piperidine rings is 2. The second-order valence-corrected chi connectivity index (χ2v) is 7.57. The van der Waals surface area contributed by atoms with Crippen LogP contribution in [0.3, 0.4) is 0 Å². The first-order chi connectivity index (χ1) is 12.7. The molecule has 0 bridgehead atoms. The number of rotatable bonds is 4. The van der Waals surface area contributed by atoms with Crippen molar-refractivity contribution < 1.29 is 4.79 Å². The van der Waals surface area contributed by atoms with E-state index in [9.17, 15) is 4.79 Å². The number of H-pyrrole nitrogens is 1. The molecule has 4 rings (SSSR count). The Morgan fingerprint density at radius 3 is 2.96 bits per heavy atom. The summed E-state index contributed by atoms with van der Waals surface area (Å²) in [6.07, 6.45) is 8.13. The molecule has 138 valence electrons. The molecule has 1 N–H and O–H groups in total. The fourth-order valence-corrected chi connectivity index (χ4v) is 4.51. The summed E-state index contributed by atoms with van der Waals surface area (Å²) in [6, 6.07) is 8.14. The van der Waals surface area contributed by atoms with Crippen LogP contribution in [0.25, 0.3) is 11.4 Å². The van der Waals surface area contributed by atoms with Crippen LogP contribution in [0.1, 0.15) is 42.6 Å². The average Bonchev–Trinajstić information content (AvgIpc) is 3.18. The number of pyridine rings is 1. The number of hydrogen-bond acceptors (Lipinski definition) is 4. The fraction of sp³-hybridized carbons (Fsp3) is 0.550. The molecule has 2 aromatic heterocycles. The van der Waals surface area contributed by atoms with Crippen molar-refractivity contribution in [2.24, 2.45) is 5.92 Å². The van der Waals surface area contributed by atoms with E-state index in [-0.39, 0.29) is 5.91 Å². The van der Waals surface area contributed by atoms with Crippen molar-refractivity contribution in [3.05, 3.63) is 36.2 Å². The number of nitrogens with zero attached hydrogens (tertiary/aromatic N) is 4. The lowest BCUT2D eigenvalue weighted by molar-refractivity contribution is 0.0401. The van der Waals surface area contributed by atoms with E-state index in [4.69, 9.17) is 0 Å². The first-order valence-corrected chi connectivity index (χ1v) is 9.68. The summed E-state index contributed by atoms with van der Waals surface area (Å²) in [5.74, 6) is 0.587. The first kappa shape index (κ1) is 17.2. The van der Waals surface area contributed by atoms with Crippen molar-refractivity contribution >= 4 is 5.91 Å². The van der Waals surface area contributed by atoms with E-state index >= 15 is 0 Å². The van der Waals surface area contributed by atoms with Crippen molar-refractivity contribution in [2.45, 2.75) is 38.1 Å². The van der Waals surface area contributed by atoms with Crippen molar-refractivity contribution in [1.29, 1.82) is 0 Å². The number of amides is 1. The molecule has 1 amide bonds. The van der Waals surface area contributed by atoms with Crippen LogP contribution in [0.2, 0.25) is 0 Å². The Balaban J connectivity index is 1.42. The smallest absolute Gasteiger partial charge is 0.271 e. The van der Waals surface area contributed by atoms with Crippen molar-refractivity contribution in [3.8, 4) is 11.4 Å². The van der Waals surface area contributed by atoms with Crippen molar-refractivity contribution in [1.82, 2.24) is 25.0 Å². The maximum atomic E-state index is 12.8. The van der Waals surface area contributed by atoms with Crippen LogP contribution < -0.4 is 0 Å². The predicted octanol–water partition coefficient (Wildman–Crippen LogP) is 2.81. The largest absolute Gasteiger partial charge is 0.340 e. The molecule has 0 aliphatic carbocycles. The van der Waals surface area contributed by atoms with Gasteiger partial charge in [-0.3, -0.25) is 14.9 Å². The third-order valence-electron chi connectivity index (χ3n) is 5.82. The molecule has 2 aliphatic heterocycles. The Bertz CT molecular complexity index is 742. The number of hydrogen-bond donors (Lipinski definition) is 1. The van der Waals surface area contributed by atoms with Crippen LogP contribution in [0.4, 0.5) is 0 Å². The van der Waals surface area contributed by atoms with Crippen molar-refractivity contribution in [3.63, 3.8) is 0 Å². The first-order valence-electron chi connectivity index (χ1n) is 9.68. The van der Waals surface area contributed by atoms with Crippen LogP contribution in [0.5, 0.6) is 0 Å². The lowest BCUT2D eigenvalue weighted by Gasteiger charge is -2.45. The number of carbonyl (C=O) groups is 1. The SMILES string of the molecule is CN(C[C@@H]1CCCN2CCCC[C@@H]12)C(=O)c1cc(-c2ccccn2)n[nH]1. The van der Waals surface area contributed by atoms with E-state index < -0.39 is 0 Å². The van der Waals surface area contributed by atoms with Crippen LogP contribution in [0.15, 0.2) is 30.5 Å². The predicted molar refractivity (Wildman–Crippen MR) is 101 cm³/mol. The number of carbonyl (C=O) groups excluding carboxylic acids is 1. The maximum Gasteiger partial charge on any atom is 0.271 e. The van der Waals surface area contributed by atoms with Gasteiger partial charge in [-0.25, -0.2) is 0 Å². The van der Waals surface area contributed by atoms with Crippen LogP contribution in [-0.2, 0) is 0 Å². The van der Waals surface area contributed by atoms with Gasteiger partial charge >= 0.3 is 0 Å². The summed E-state index contributed by atoms with van der Waals surface area (Å²) in [6.45, 7) is 3.28. The van der Waals surface area contributed by atoms with E-state index in [0.29, 0.717) is 23.3 Å². The summed E-state index contributed by atoms with van der Waals surface area (Å²) < 4.78 is 0. The van der Waals surface area contributed by atoms with Gasteiger partial charge in [0.2, 0.25) is 0 Å². The molecular weight excluding hydrogens is 326 g/mol. The highest BCUT2D eigenvalue weighted by Crippen LogP contribution is 2.31. The Labute approximate surface area is 154 Å². The van der Waals surface area contributed by atoms with E-state index in [1.165, 1.54) is 45.2 Å². The molecule has 0 unspecified atom stereocenters. The minimum Gasteiger partial charge on any atom is -0.340 e. The third kappa shape index (κ3) is 3.51. The number of nitrogens with one attached hydrogen (secondary N) is 1. The quantitative estimate of drug-likeness (QED) is 0.918. The van der Waals surface area contributed by atoms with Crippen LogP contribution >= 0.6 is 0 Å². The van der Waals surface area contributed by atoms with Crippen LogP contribution in [-0.4, -0.2) is 63.6 Å². The zero-order valence-electron chi connectivity index (χ0n) is 15.4. The van der Waals surface area contributed by atoms with E-state index in [1.807, 2.05) is 30.1 Å². The van der Waals surface area contributed by atoms with Gasteiger partial charge < -0.3 is 9.80 Å². The molecule has 2 saturated heterocycles. The third-order valence-corrected chi connectivity index (χ3v) is 5.82. The lowest BCUT2D eigenvalue weighted by atomic mass is 9.83. The molecule has 2 atom stereocenters. The zero-order chi connectivity index (χ0) is 17.9. The highest BCUT2D eigenvalue weighted by atomic mass is 16.2. The lowest BCUT2D eigenvalue weighted by Crippen LogP contribution is -2.51. The van der Waals surface area contributed by atoms with E-state index in [1.54, 1.807) is 12.3 Å². The molecule has 2 fully saturated rings. The molecule has 0 aromatic carbocycles. The molecule has 6 nitrogen and oxygen atoms in total. The number of fused-ring (bicyclic) bond motifs is 1. The zero-order valence-corrected chi connectivity index (χ0v) is 15.4. The Morgan fingerprint density at radius 2 is 2.12 bits per heavy atom. The summed E-state index contributed by atoms with van der Waals surface area (Å²) in [5, 5.41) is 7.15. The number of aromatic amines is 1. The normalized spacial score (nSPS) is 23.4. The monoisotopic (exact) mass is 353 g/mol. The fourth-order valence-electron chi connectivity index (χ4n) is 4.51. The molecule has 2 aromatic rings. The second kappa shape index (κ2) is 7.58. The van der Waals surface area contributed by atoms with Crippen LogP contribution in [0, 0.1) is 5.92 Å². The van der Waals surface area contributed by atoms with Gasteiger partial charge in [0.15, 0.2) is 0 Å². The highest BCUT2D eigenvalue weighted by molar-refractivity contribution is 5.93. The molecule has 0 radical (unpaired) electrons. The molecule has 26 heavy (non-hydrogen) atoms. The molecule has 6 heteroatoms. The Hall–Kier alpha value is -2.21. The topological polar surface area (TPSA) is 65.1 Å². The summed E-state index contributed by atoms with van der Waals surface area (Å²) in [5.41, 5.74) is 2.01. The van der Waals surface area contributed by atoms with E-state index in [0.717, 1.165) is 12.2 Å². The molecule has 4 heterocycles. The Morgan fingerprint density at radius 1 is 1.23 bits per heavy atom. The number of aromatic nitrogens is 3. The van der Waals surface area contributed by atoms with Gasteiger partial charge in [-0.2, -0.15) is 5.10 Å². The standard InChI is InChI=1S/C20H27N5O/c1-24(14-15-7-6-12-25-11-5-3-9-19(15)25)20(26)18-13-17(22-23-18)16-8-2-4-10-21-16/h2,4,8,10,13,15,19H,3,5-7,9,11-12,14H2,1H3,(H,22,23)/t15-,19-/m0/s1. The van der Waals surface area contributed by atoms with E-state index in [2.05, 4.69) is 20.1 Å². The second-order valence-electron chi connectivity index (χ2n) is 7.57. The van der Waals surface area contributed by atoms with Gasteiger partial charge in [-0.05, 0) is 62.9 Å². The van der Waals surface area contributed by atoms with Gasteiger partial charge in [-0.1, -0.05) is 12.5 Å². The van der Waals surface area contributed by atoms with Gasteiger partial charge in [0.1, 0.15) is 11.4 Å². The molecule has 2 aliphatic rings. The Kier molecular flexibility index (Phi) is 5.02. The summed E-state index contributed by atoms with van der Waals surface area (Å²) >= 11 is 0. The summed E-state index contributed by atoms with van der Waals surface area (Å²) in [4.78, 5) is 21.6. The van der Waals surface area contributed by atoms with Gasteiger partial charge in [-0.15, -0.1) is 0 Å². The molecule has 0 saturated carbocycles. The minimum atomic E-state index is 0.00705. The summed E-state index contributed by atoms with van der Waals surface area (Å²) in [7, 11) is 1.91. The molecule has 0 spiro atoms. The van der Waals surface area contributed by atoms with Gasteiger partial charge in [0.05, 0.1) is 5.69 Å². The molecular formula is C20H27N5O. The maximum absolute atomic E-state index is 12.8. The van der Waals surface area contributed by atoms with Gasteiger partial charge in [0.25, 0.3) is 5.91 Å². The van der Waals surface area contributed by atoms with Crippen molar-refractivity contribution in [2.75, 3.05) is 26.7 Å². The minimum absolute atomic E-state index is 0.00705.